The lowest BCUT2D eigenvalue weighted by Crippen LogP contribution is -2.28. The second-order valence-electron chi connectivity index (χ2n) is 4.14. The summed E-state index contributed by atoms with van der Waals surface area (Å²) in [5.41, 5.74) is 0.446. The van der Waals surface area contributed by atoms with E-state index in [4.69, 9.17) is 5.11 Å². The third kappa shape index (κ3) is 4.02. The molecule has 0 aliphatic heterocycles. The molecule has 2 amide bonds. The van der Waals surface area contributed by atoms with E-state index in [1.165, 1.54) is 23.1 Å². The van der Waals surface area contributed by atoms with Crippen molar-refractivity contribution in [1.82, 2.24) is 20.1 Å². The first kappa shape index (κ1) is 15.0. The Bertz CT molecular complexity index is 685. The molecule has 0 aliphatic carbocycles. The van der Waals surface area contributed by atoms with Gasteiger partial charge < -0.3 is 15.7 Å². The number of benzene rings is 1. The number of aryl methyl sites for hydroxylation is 1. The van der Waals surface area contributed by atoms with Gasteiger partial charge in [0.05, 0.1) is 17.8 Å². The fraction of sp³-hybridized carbons (Fsp3) is 0.167. The molecule has 1 heterocycles. The maximum Gasteiger partial charge on any atom is 0.335 e. The Morgan fingerprint density at radius 1 is 1.43 bits per heavy atom. The second-order valence-corrected chi connectivity index (χ2v) is 5.00. The minimum absolute atomic E-state index is 0.0832. The van der Waals surface area contributed by atoms with Crippen molar-refractivity contribution in [2.75, 3.05) is 5.32 Å². The molecule has 9 heteroatoms. The molecule has 1 aromatic carbocycles. The number of rotatable bonds is 4. The lowest BCUT2D eigenvalue weighted by Gasteiger charge is -2.09. The van der Waals surface area contributed by atoms with E-state index in [2.05, 4.69) is 36.6 Å². The standard InChI is InChI=1S/C12H12BrN5O3/c1-18-6-15-10(17-18)5-14-12(21)16-9-4-7(11(19)20)2-3-8(9)13/h2-4,6H,5H2,1H3,(H,19,20)(H2,14,16,21). The Morgan fingerprint density at radius 2 is 2.19 bits per heavy atom. The molecule has 0 bridgehead atoms. The zero-order valence-corrected chi connectivity index (χ0v) is 12.6. The van der Waals surface area contributed by atoms with E-state index in [9.17, 15) is 9.59 Å². The van der Waals surface area contributed by atoms with Gasteiger partial charge in [-0.05, 0) is 34.1 Å². The zero-order valence-electron chi connectivity index (χ0n) is 11.0. The van der Waals surface area contributed by atoms with Crippen LogP contribution in [0.5, 0.6) is 0 Å². The van der Waals surface area contributed by atoms with Gasteiger partial charge in [0, 0.05) is 11.5 Å². The van der Waals surface area contributed by atoms with Crippen LogP contribution in [0.25, 0.3) is 0 Å². The van der Waals surface area contributed by atoms with Gasteiger partial charge >= 0.3 is 12.0 Å². The molecule has 0 saturated heterocycles. The van der Waals surface area contributed by atoms with Gasteiger partial charge in [0.25, 0.3) is 0 Å². The molecule has 3 N–H and O–H groups in total. The molecule has 110 valence electrons. The summed E-state index contributed by atoms with van der Waals surface area (Å²) in [5.74, 6) is -0.588. The van der Waals surface area contributed by atoms with E-state index in [0.717, 1.165) is 0 Å². The number of carbonyl (C=O) groups is 2. The number of aromatic carboxylic acids is 1. The van der Waals surface area contributed by atoms with E-state index in [1.54, 1.807) is 13.1 Å². The molecule has 21 heavy (non-hydrogen) atoms. The number of aromatic nitrogens is 3. The van der Waals surface area contributed by atoms with Crippen LogP contribution in [0.1, 0.15) is 16.2 Å². The minimum atomic E-state index is -1.07. The van der Waals surface area contributed by atoms with Crippen LogP contribution < -0.4 is 10.6 Å². The van der Waals surface area contributed by atoms with Crippen molar-refractivity contribution >= 4 is 33.6 Å². The highest BCUT2D eigenvalue weighted by molar-refractivity contribution is 9.10. The third-order valence-electron chi connectivity index (χ3n) is 2.52. The molecule has 2 rings (SSSR count). The smallest absolute Gasteiger partial charge is 0.335 e. The molecule has 1 aromatic heterocycles. The number of carboxylic acid groups (broad SMARTS) is 1. The number of nitrogens with zero attached hydrogens (tertiary/aromatic N) is 3. The molecule has 0 fully saturated rings. The number of hydrogen-bond donors (Lipinski definition) is 3. The Balaban J connectivity index is 1.99. The molecular weight excluding hydrogens is 342 g/mol. The third-order valence-corrected chi connectivity index (χ3v) is 3.21. The summed E-state index contributed by atoms with van der Waals surface area (Å²) < 4.78 is 2.11. The minimum Gasteiger partial charge on any atom is -0.478 e. The van der Waals surface area contributed by atoms with Crippen molar-refractivity contribution in [3.63, 3.8) is 0 Å². The van der Waals surface area contributed by atoms with Crippen LogP contribution >= 0.6 is 15.9 Å². The number of amides is 2. The van der Waals surface area contributed by atoms with E-state index >= 15 is 0 Å². The van der Waals surface area contributed by atoms with Crippen LogP contribution in [0, 0.1) is 0 Å². The number of carboxylic acids is 1. The summed E-state index contributed by atoms with van der Waals surface area (Å²) in [5, 5.41) is 18.1. The lowest BCUT2D eigenvalue weighted by atomic mass is 10.2. The van der Waals surface area contributed by atoms with Crippen LogP contribution in [-0.2, 0) is 13.6 Å². The van der Waals surface area contributed by atoms with Gasteiger partial charge in [0.2, 0.25) is 0 Å². The second kappa shape index (κ2) is 6.35. The Labute approximate surface area is 128 Å². The Morgan fingerprint density at radius 3 is 2.81 bits per heavy atom. The first-order valence-corrected chi connectivity index (χ1v) is 6.67. The van der Waals surface area contributed by atoms with Crippen LogP contribution in [0.2, 0.25) is 0 Å². The highest BCUT2D eigenvalue weighted by atomic mass is 79.9. The van der Waals surface area contributed by atoms with E-state index in [-0.39, 0.29) is 12.1 Å². The maximum absolute atomic E-state index is 11.8. The fourth-order valence-electron chi connectivity index (χ4n) is 1.54. The number of urea groups is 1. The van der Waals surface area contributed by atoms with E-state index in [0.29, 0.717) is 16.0 Å². The SMILES string of the molecule is Cn1cnc(CNC(=O)Nc2cc(C(=O)O)ccc2Br)n1. The predicted molar refractivity (Wildman–Crippen MR) is 78.0 cm³/mol. The molecule has 0 aliphatic rings. The van der Waals surface area contributed by atoms with Crippen LogP contribution in [0.15, 0.2) is 29.0 Å². The van der Waals surface area contributed by atoms with Crippen molar-refractivity contribution in [2.45, 2.75) is 6.54 Å². The average molecular weight is 354 g/mol. The van der Waals surface area contributed by atoms with Crippen molar-refractivity contribution in [3.05, 3.63) is 40.4 Å². The quantitative estimate of drug-likeness (QED) is 0.773. The first-order chi connectivity index (χ1) is 9.95. The number of nitrogens with one attached hydrogen (secondary N) is 2. The van der Waals surface area contributed by atoms with Crippen LogP contribution in [0.3, 0.4) is 0 Å². The molecule has 0 unspecified atom stereocenters. The Hall–Kier alpha value is -2.42. The molecule has 0 saturated carbocycles. The highest BCUT2D eigenvalue weighted by Gasteiger charge is 2.10. The highest BCUT2D eigenvalue weighted by Crippen LogP contribution is 2.23. The van der Waals surface area contributed by atoms with Crippen molar-refractivity contribution in [3.8, 4) is 0 Å². The van der Waals surface area contributed by atoms with Gasteiger partial charge in [-0.3, -0.25) is 4.68 Å². The molecule has 2 aromatic rings. The van der Waals surface area contributed by atoms with Crippen molar-refractivity contribution in [1.29, 1.82) is 0 Å². The summed E-state index contributed by atoms with van der Waals surface area (Å²) in [6.07, 6.45) is 1.53. The summed E-state index contributed by atoms with van der Waals surface area (Å²) in [6, 6.07) is 3.88. The van der Waals surface area contributed by atoms with Crippen molar-refractivity contribution in [2.24, 2.45) is 7.05 Å². The predicted octanol–water partition coefficient (Wildman–Crippen LogP) is 1.60. The summed E-state index contributed by atoms with van der Waals surface area (Å²) in [7, 11) is 1.73. The number of anilines is 1. The topological polar surface area (TPSA) is 109 Å². The normalized spacial score (nSPS) is 10.2. The van der Waals surface area contributed by atoms with Gasteiger partial charge in [0.15, 0.2) is 5.82 Å². The van der Waals surface area contributed by atoms with E-state index in [1.807, 2.05) is 0 Å². The fourth-order valence-corrected chi connectivity index (χ4v) is 1.89. The van der Waals surface area contributed by atoms with Crippen LogP contribution in [-0.4, -0.2) is 31.9 Å². The monoisotopic (exact) mass is 353 g/mol. The summed E-state index contributed by atoms with van der Waals surface area (Å²) >= 11 is 3.24. The van der Waals surface area contributed by atoms with Crippen LogP contribution in [0.4, 0.5) is 10.5 Å². The average Bonchev–Trinajstić information content (AvgIpc) is 2.84. The maximum atomic E-state index is 11.8. The van der Waals surface area contributed by atoms with Gasteiger partial charge in [-0.1, -0.05) is 0 Å². The van der Waals surface area contributed by atoms with Gasteiger partial charge in [-0.15, -0.1) is 0 Å². The summed E-state index contributed by atoms with van der Waals surface area (Å²) in [6.45, 7) is 0.170. The molecule has 0 radical (unpaired) electrons. The number of carbonyl (C=O) groups excluding carboxylic acids is 1. The lowest BCUT2D eigenvalue weighted by molar-refractivity contribution is 0.0697. The van der Waals surface area contributed by atoms with Gasteiger partial charge in [-0.25, -0.2) is 14.6 Å². The molecule has 0 spiro atoms. The number of halogens is 1. The zero-order chi connectivity index (χ0) is 15.4. The molecular formula is C12H12BrN5O3. The molecule has 8 nitrogen and oxygen atoms in total. The molecule has 0 atom stereocenters. The number of hydrogen-bond acceptors (Lipinski definition) is 4. The first-order valence-electron chi connectivity index (χ1n) is 5.88. The summed E-state index contributed by atoms with van der Waals surface area (Å²) in [4.78, 5) is 26.6. The largest absolute Gasteiger partial charge is 0.478 e. The van der Waals surface area contributed by atoms with Gasteiger partial charge in [0.1, 0.15) is 6.33 Å². The van der Waals surface area contributed by atoms with Gasteiger partial charge in [-0.2, -0.15) is 5.10 Å². The Kier molecular flexibility index (Phi) is 4.53. The van der Waals surface area contributed by atoms with Crippen molar-refractivity contribution < 1.29 is 14.7 Å². The van der Waals surface area contributed by atoms with E-state index < -0.39 is 12.0 Å².